The Morgan fingerprint density at radius 2 is 1.88 bits per heavy atom. The zero-order valence-electron chi connectivity index (χ0n) is 18.6. The summed E-state index contributed by atoms with van der Waals surface area (Å²) < 4.78 is 29.3. The van der Waals surface area contributed by atoms with Gasteiger partial charge in [-0.15, -0.1) is 0 Å². The van der Waals surface area contributed by atoms with Crippen LogP contribution in [0, 0.1) is 28.8 Å². The van der Waals surface area contributed by atoms with Gasteiger partial charge in [0, 0.05) is 47.3 Å². The van der Waals surface area contributed by atoms with Crippen molar-refractivity contribution in [1.82, 2.24) is 9.78 Å². The molecule has 2 aliphatic carbocycles. The third-order valence-corrected chi connectivity index (χ3v) is 8.34. The lowest BCUT2D eigenvalue weighted by Crippen LogP contribution is -2.38. The summed E-state index contributed by atoms with van der Waals surface area (Å²) in [4.78, 5) is 15.6. The van der Waals surface area contributed by atoms with Gasteiger partial charge in [0.1, 0.15) is 0 Å². The lowest BCUT2D eigenvalue weighted by molar-refractivity contribution is -0.114. The number of piperidine rings is 1. The van der Waals surface area contributed by atoms with Crippen LogP contribution in [0.4, 0.5) is 20.3 Å². The van der Waals surface area contributed by atoms with Crippen molar-refractivity contribution in [3.63, 3.8) is 0 Å². The molecule has 1 N–H and O–H groups in total. The number of hydrogen-bond acceptors (Lipinski definition) is 3. The fraction of sp³-hybridized carbons (Fsp3) is 0.583. The van der Waals surface area contributed by atoms with Gasteiger partial charge < -0.3 is 10.2 Å². The zero-order chi connectivity index (χ0) is 22.7. The maximum Gasteiger partial charge on any atom is 0.258 e. The predicted octanol–water partition coefficient (Wildman–Crippen LogP) is 5.78. The van der Waals surface area contributed by atoms with Crippen molar-refractivity contribution in [2.24, 2.45) is 11.3 Å². The van der Waals surface area contributed by atoms with Gasteiger partial charge in [0.15, 0.2) is 5.82 Å². The first-order chi connectivity index (χ1) is 15.1. The molecule has 0 bridgehead atoms. The minimum Gasteiger partial charge on any atom is -0.371 e. The van der Waals surface area contributed by atoms with Crippen molar-refractivity contribution in [3.05, 3.63) is 38.6 Å². The third kappa shape index (κ3) is 4.26. The van der Waals surface area contributed by atoms with Gasteiger partial charge in [-0.25, -0.2) is 8.78 Å². The maximum atomic E-state index is 13.3. The fourth-order valence-corrected chi connectivity index (χ4v) is 5.60. The van der Waals surface area contributed by atoms with E-state index >= 15 is 0 Å². The summed E-state index contributed by atoms with van der Waals surface area (Å²) in [6, 6.07) is 5.94. The second-order valence-electron chi connectivity index (χ2n) is 9.97. The molecule has 3 fully saturated rings. The van der Waals surface area contributed by atoms with Crippen LogP contribution in [0.2, 0.25) is 0 Å². The standard InChI is InChI=1S/C24H29F2IN4O/c1-15-16(2)31(14-17-12-24(25,26)13-17)29-21(15)28-22(32)19-4-3-18(27)11-20(19)30-9-7-23(5-6-23)8-10-30/h3-4,11,17H,5-10,12-14H2,1-2H3,(H,28,29,32). The van der Waals surface area contributed by atoms with E-state index in [1.54, 1.807) is 4.68 Å². The highest BCUT2D eigenvalue weighted by atomic mass is 127. The minimum absolute atomic E-state index is 0.0665. The molecule has 3 aliphatic rings. The Labute approximate surface area is 201 Å². The van der Waals surface area contributed by atoms with E-state index in [4.69, 9.17) is 0 Å². The van der Waals surface area contributed by atoms with Gasteiger partial charge in [-0.3, -0.25) is 9.48 Å². The van der Waals surface area contributed by atoms with E-state index in [1.165, 1.54) is 25.7 Å². The molecule has 2 saturated carbocycles. The first-order valence-electron chi connectivity index (χ1n) is 11.4. The Hall–Kier alpha value is -1.71. The van der Waals surface area contributed by atoms with Crippen LogP contribution in [-0.2, 0) is 6.54 Å². The van der Waals surface area contributed by atoms with Crippen molar-refractivity contribution in [3.8, 4) is 0 Å². The lowest BCUT2D eigenvalue weighted by Gasteiger charge is -2.35. The van der Waals surface area contributed by atoms with Crippen molar-refractivity contribution < 1.29 is 13.6 Å². The van der Waals surface area contributed by atoms with Gasteiger partial charge in [0.05, 0.1) is 11.3 Å². The number of carbonyl (C=O) groups excluding carboxylic acids is 1. The highest BCUT2D eigenvalue weighted by Gasteiger charge is 2.46. The Morgan fingerprint density at radius 3 is 2.50 bits per heavy atom. The van der Waals surface area contributed by atoms with E-state index in [1.807, 2.05) is 26.0 Å². The Bertz CT molecular complexity index is 1040. The number of benzene rings is 1. The molecular weight excluding hydrogens is 525 g/mol. The number of rotatable bonds is 5. The smallest absolute Gasteiger partial charge is 0.258 e. The summed E-state index contributed by atoms with van der Waals surface area (Å²) in [5.41, 5.74) is 4.00. The number of nitrogens with zero attached hydrogens (tertiary/aromatic N) is 3. The van der Waals surface area contributed by atoms with E-state index in [-0.39, 0.29) is 24.7 Å². The number of alkyl halides is 2. The molecule has 0 unspecified atom stereocenters. The zero-order valence-corrected chi connectivity index (χ0v) is 20.7. The van der Waals surface area contributed by atoms with Crippen molar-refractivity contribution >= 4 is 40.0 Å². The summed E-state index contributed by atoms with van der Waals surface area (Å²) in [6.45, 7) is 6.27. The molecule has 8 heteroatoms. The highest BCUT2D eigenvalue weighted by molar-refractivity contribution is 14.1. The van der Waals surface area contributed by atoms with Crippen LogP contribution in [0.1, 0.15) is 60.1 Å². The molecule has 32 heavy (non-hydrogen) atoms. The molecular formula is C24H29F2IN4O. The number of aromatic nitrogens is 2. The molecule has 1 amide bonds. The molecule has 1 aromatic carbocycles. The van der Waals surface area contributed by atoms with Crippen LogP contribution in [0.3, 0.4) is 0 Å². The number of amides is 1. The van der Waals surface area contributed by atoms with Crippen LogP contribution >= 0.6 is 22.6 Å². The Kier molecular flexibility index (Phi) is 5.49. The summed E-state index contributed by atoms with van der Waals surface area (Å²) in [5.74, 6) is -2.26. The first-order valence-corrected chi connectivity index (χ1v) is 12.5. The molecule has 1 aromatic heterocycles. The molecule has 0 atom stereocenters. The summed E-state index contributed by atoms with van der Waals surface area (Å²) in [5, 5.41) is 7.55. The van der Waals surface area contributed by atoms with Gasteiger partial charge in [-0.05, 0) is 91.7 Å². The van der Waals surface area contributed by atoms with Gasteiger partial charge in [-0.1, -0.05) is 0 Å². The van der Waals surface area contributed by atoms with Crippen LogP contribution in [0.25, 0.3) is 0 Å². The lowest BCUT2D eigenvalue weighted by atomic mass is 9.81. The van der Waals surface area contributed by atoms with E-state index in [2.05, 4.69) is 44.0 Å². The summed E-state index contributed by atoms with van der Waals surface area (Å²) in [6.07, 6.45) is 4.91. The Balaban J connectivity index is 1.32. The van der Waals surface area contributed by atoms with Crippen molar-refractivity contribution in [1.29, 1.82) is 0 Å². The molecule has 5 nitrogen and oxygen atoms in total. The molecule has 5 rings (SSSR count). The molecule has 1 saturated heterocycles. The number of nitrogens with one attached hydrogen (secondary N) is 1. The minimum atomic E-state index is -2.54. The number of carbonyl (C=O) groups is 1. The van der Waals surface area contributed by atoms with E-state index < -0.39 is 5.92 Å². The number of hydrogen-bond donors (Lipinski definition) is 1. The molecule has 0 radical (unpaired) electrons. The van der Waals surface area contributed by atoms with Crippen LogP contribution in [0.5, 0.6) is 0 Å². The first kappa shape index (κ1) is 22.1. The fourth-order valence-electron chi connectivity index (χ4n) is 5.12. The molecule has 1 spiro atoms. The second-order valence-corrected chi connectivity index (χ2v) is 11.2. The normalized spacial score (nSPS) is 21.5. The van der Waals surface area contributed by atoms with E-state index in [0.717, 1.165) is 33.6 Å². The van der Waals surface area contributed by atoms with Gasteiger partial charge in [0.2, 0.25) is 5.92 Å². The van der Waals surface area contributed by atoms with Gasteiger partial charge in [-0.2, -0.15) is 5.10 Å². The molecule has 172 valence electrons. The molecule has 2 heterocycles. The predicted molar refractivity (Wildman–Crippen MR) is 130 cm³/mol. The van der Waals surface area contributed by atoms with Crippen LogP contribution < -0.4 is 10.2 Å². The largest absolute Gasteiger partial charge is 0.371 e. The highest BCUT2D eigenvalue weighted by Crippen LogP contribution is 2.54. The summed E-state index contributed by atoms with van der Waals surface area (Å²) in [7, 11) is 0. The number of halogens is 3. The van der Waals surface area contributed by atoms with E-state index in [0.29, 0.717) is 23.3 Å². The van der Waals surface area contributed by atoms with Crippen LogP contribution in [0.15, 0.2) is 18.2 Å². The van der Waals surface area contributed by atoms with Crippen LogP contribution in [-0.4, -0.2) is 34.7 Å². The van der Waals surface area contributed by atoms with E-state index in [9.17, 15) is 13.6 Å². The molecule has 2 aromatic rings. The van der Waals surface area contributed by atoms with Crippen molar-refractivity contribution in [2.45, 2.75) is 64.8 Å². The maximum absolute atomic E-state index is 13.3. The monoisotopic (exact) mass is 554 g/mol. The quantitative estimate of drug-likeness (QED) is 0.477. The molecule has 1 aliphatic heterocycles. The second kappa shape index (κ2) is 7.95. The van der Waals surface area contributed by atoms with Crippen molar-refractivity contribution in [2.75, 3.05) is 23.3 Å². The average Bonchev–Trinajstić information content (AvgIpc) is 3.43. The average molecular weight is 554 g/mol. The summed E-state index contributed by atoms with van der Waals surface area (Å²) >= 11 is 2.29. The topological polar surface area (TPSA) is 50.2 Å². The Morgan fingerprint density at radius 1 is 1.19 bits per heavy atom. The number of anilines is 2. The SMILES string of the molecule is Cc1c(NC(=O)c2ccc(I)cc2N2CCC3(CC2)CC3)nn(CC2CC(F)(F)C2)c1C. The third-order valence-electron chi connectivity index (χ3n) is 7.67. The van der Waals surface area contributed by atoms with Gasteiger partial charge >= 0.3 is 0 Å². The van der Waals surface area contributed by atoms with Gasteiger partial charge in [0.25, 0.3) is 5.91 Å².